The van der Waals surface area contributed by atoms with Gasteiger partial charge in [0.25, 0.3) is 5.91 Å². The number of nitrogens with one attached hydrogen (secondary N) is 2. The number of para-hydroxylation sites is 3. The molecule has 2 aromatic carbocycles. The zero-order valence-corrected chi connectivity index (χ0v) is 14.2. The summed E-state index contributed by atoms with van der Waals surface area (Å²) in [6.07, 6.45) is 0.242. The molecule has 2 heterocycles. The van der Waals surface area contributed by atoms with Gasteiger partial charge >= 0.3 is 0 Å². The van der Waals surface area contributed by atoms with Crippen molar-refractivity contribution >= 4 is 28.4 Å². The molecule has 1 aliphatic rings. The molecule has 7 heteroatoms. The number of H-pyrrole nitrogens is 1. The fraction of sp³-hybridized carbons (Fsp3) is 0.211. The smallest absolute Gasteiger partial charge is 0.272 e. The molecule has 2 amide bonds. The molecular weight excluding hydrogens is 332 g/mol. The van der Waals surface area contributed by atoms with Crippen LogP contribution >= 0.6 is 0 Å². The number of nitrogens with zero attached hydrogens (tertiary/aromatic N) is 2. The van der Waals surface area contributed by atoms with Crippen LogP contribution in [0.25, 0.3) is 10.9 Å². The van der Waals surface area contributed by atoms with E-state index in [1.54, 1.807) is 12.0 Å². The number of hydrogen-bond acceptors (Lipinski definition) is 4. The summed E-state index contributed by atoms with van der Waals surface area (Å²) in [4.78, 5) is 26.7. The van der Waals surface area contributed by atoms with Gasteiger partial charge in [-0.25, -0.2) is 0 Å². The van der Waals surface area contributed by atoms with E-state index in [4.69, 9.17) is 4.74 Å². The Bertz CT molecular complexity index is 982. The predicted octanol–water partition coefficient (Wildman–Crippen LogP) is 2.11. The van der Waals surface area contributed by atoms with E-state index < -0.39 is 0 Å². The van der Waals surface area contributed by atoms with Crippen LogP contribution in [0, 0.1) is 0 Å². The highest BCUT2D eigenvalue weighted by Gasteiger charge is 2.33. The van der Waals surface area contributed by atoms with Crippen molar-refractivity contribution in [3.8, 4) is 5.75 Å². The van der Waals surface area contributed by atoms with E-state index in [0.717, 1.165) is 10.9 Å². The number of aromatic amines is 1. The zero-order valence-electron chi connectivity index (χ0n) is 14.2. The number of amides is 2. The molecular formula is C19H18N4O3. The van der Waals surface area contributed by atoms with E-state index in [0.29, 0.717) is 23.7 Å². The van der Waals surface area contributed by atoms with E-state index in [1.807, 2.05) is 48.5 Å². The lowest BCUT2D eigenvalue weighted by molar-refractivity contribution is -0.117. The van der Waals surface area contributed by atoms with Gasteiger partial charge in [-0.3, -0.25) is 14.7 Å². The van der Waals surface area contributed by atoms with Gasteiger partial charge in [-0.15, -0.1) is 0 Å². The molecule has 0 saturated carbocycles. The third kappa shape index (κ3) is 2.77. The minimum atomic E-state index is -0.290. The van der Waals surface area contributed by atoms with Crippen molar-refractivity contribution in [1.29, 1.82) is 0 Å². The van der Waals surface area contributed by atoms with Crippen molar-refractivity contribution < 1.29 is 14.3 Å². The van der Waals surface area contributed by atoms with Crippen molar-refractivity contribution in [1.82, 2.24) is 15.5 Å². The molecule has 0 bridgehead atoms. The van der Waals surface area contributed by atoms with E-state index in [1.165, 1.54) is 0 Å². The number of anilines is 1. The Hall–Kier alpha value is -3.35. The zero-order chi connectivity index (χ0) is 18.1. The number of carbonyl (C=O) groups excluding carboxylic acids is 2. The van der Waals surface area contributed by atoms with Crippen LogP contribution in [0.2, 0.25) is 0 Å². The number of methoxy groups -OCH3 is 1. The Morgan fingerprint density at radius 1 is 1.23 bits per heavy atom. The molecule has 1 saturated heterocycles. The number of fused-ring (bicyclic) bond motifs is 1. The molecule has 1 fully saturated rings. The number of rotatable bonds is 4. The highest BCUT2D eigenvalue weighted by Crippen LogP contribution is 2.31. The highest BCUT2D eigenvalue weighted by molar-refractivity contribution is 6.05. The third-order valence-electron chi connectivity index (χ3n) is 4.52. The number of ether oxygens (including phenoxy) is 1. The van der Waals surface area contributed by atoms with Crippen LogP contribution in [0.3, 0.4) is 0 Å². The van der Waals surface area contributed by atoms with Crippen molar-refractivity contribution in [3.05, 3.63) is 54.2 Å². The Balaban J connectivity index is 1.51. The normalized spacial score (nSPS) is 16.9. The summed E-state index contributed by atoms with van der Waals surface area (Å²) in [6, 6.07) is 14.5. The van der Waals surface area contributed by atoms with E-state index >= 15 is 0 Å². The molecule has 0 spiro atoms. The second-order valence-corrected chi connectivity index (χ2v) is 6.17. The molecule has 4 rings (SSSR count). The van der Waals surface area contributed by atoms with Crippen LogP contribution in [-0.2, 0) is 4.79 Å². The summed E-state index contributed by atoms with van der Waals surface area (Å²) in [6.45, 7) is 0.396. The molecule has 0 radical (unpaired) electrons. The second kappa shape index (κ2) is 6.51. The summed E-state index contributed by atoms with van der Waals surface area (Å²) in [5.41, 5.74) is 1.85. The van der Waals surface area contributed by atoms with Crippen LogP contribution in [0.15, 0.2) is 48.5 Å². The first-order valence-corrected chi connectivity index (χ1v) is 8.34. The van der Waals surface area contributed by atoms with Gasteiger partial charge in [-0.05, 0) is 18.2 Å². The van der Waals surface area contributed by atoms with Crippen LogP contribution < -0.4 is 15.0 Å². The molecule has 7 nitrogen and oxygen atoms in total. The number of aromatic nitrogens is 2. The lowest BCUT2D eigenvalue weighted by Gasteiger charge is -2.19. The molecule has 1 unspecified atom stereocenters. The summed E-state index contributed by atoms with van der Waals surface area (Å²) < 4.78 is 5.33. The predicted molar refractivity (Wildman–Crippen MR) is 97.3 cm³/mol. The molecule has 0 aliphatic carbocycles. The average Bonchev–Trinajstić information content (AvgIpc) is 3.25. The van der Waals surface area contributed by atoms with Crippen LogP contribution in [-0.4, -0.2) is 41.7 Å². The minimum absolute atomic E-state index is 0.0494. The minimum Gasteiger partial charge on any atom is -0.495 e. The van der Waals surface area contributed by atoms with Gasteiger partial charge in [-0.1, -0.05) is 30.3 Å². The van der Waals surface area contributed by atoms with Crippen LogP contribution in [0.1, 0.15) is 16.9 Å². The topological polar surface area (TPSA) is 87.3 Å². The summed E-state index contributed by atoms with van der Waals surface area (Å²) in [5.74, 6) is 0.292. The average molecular weight is 350 g/mol. The fourth-order valence-corrected chi connectivity index (χ4v) is 3.28. The van der Waals surface area contributed by atoms with Gasteiger partial charge in [-0.2, -0.15) is 5.10 Å². The van der Waals surface area contributed by atoms with Crippen molar-refractivity contribution in [3.63, 3.8) is 0 Å². The Morgan fingerprint density at radius 3 is 2.85 bits per heavy atom. The summed E-state index contributed by atoms with van der Waals surface area (Å²) >= 11 is 0. The van der Waals surface area contributed by atoms with Gasteiger partial charge in [0.15, 0.2) is 5.69 Å². The van der Waals surface area contributed by atoms with Crippen molar-refractivity contribution in [2.45, 2.75) is 12.5 Å². The first-order valence-electron chi connectivity index (χ1n) is 8.34. The molecule has 2 N–H and O–H groups in total. The number of benzene rings is 2. The Kier molecular flexibility index (Phi) is 4.04. The van der Waals surface area contributed by atoms with Gasteiger partial charge in [0, 0.05) is 18.4 Å². The number of hydrogen-bond donors (Lipinski definition) is 2. The highest BCUT2D eigenvalue weighted by atomic mass is 16.5. The van der Waals surface area contributed by atoms with Crippen LogP contribution in [0.5, 0.6) is 5.75 Å². The van der Waals surface area contributed by atoms with Gasteiger partial charge < -0.3 is 15.0 Å². The molecule has 1 atom stereocenters. The Labute approximate surface area is 149 Å². The lowest BCUT2D eigenvalue weighted by Crippen LogP contribution is -2.37. The van der Waals surface area contributed by atoms with E-state index in [2.05, 4.69) is 15.5 Å². The largest absolute Gasteiger partial charge is 0.495 e. The standard InChI is InChI=1S/C19H18N4O3/c1-26-16-9-5-4-8-15(16)23-11-12(10-17(23)24)20-19(25)18-13-6-2-3-7-14(13)21-22-18/h2-9,12H,10-11H2,1H3,(H,20,25)(H,21,22). The first kappa shape index (κ1) is 16.1. The van der Waals surface area contributed by atoms with Gasteiger partial charge in [0.05, 0.1) is 24.4 Å². The molecule has 1 aromatic heterocycles. The summed E-state index contributed by atoms with van der Waals surface area (Å²) in [7, 11) is 1.57. The van der Waals surface area contributed by atoms with Crippen molar-refractivity contribution in [2.75, 3.05) is 18.6 Å². The second-order valence-electron chi connectivity index (χ2n) is 6.17. The van der Waals surface area contributed by atoms with E-state index in [-0.39, 0.29) is 24.3 Å². The van der Waals surface area contributed by atoms with Crippen molar-refractivity contribution in [2.24, 2.45) is 0 Å². The number of carbonyl (C=O) groups is 2. The maximum atomic E-state index is 12.6. The maximum Gasteiger partial charge on any atom is 0.272 e. The van der Waals surface area contributed by atoms with E-state index in [9.17, 15) is 9.59 Å². The van der Waals surface area contributed by atoms with Gasteiger partial charge in [0.2, 0.25) is 5.91 Å². The summed E-state index contributed by atoms with van der Waals surface area (Å²) in [5, 5.41) is 10.6. The Morgan fingerprint density at radius 2 is 2.00 bits per heavy atom. The molecule has 132 valence electrons. The third-order valence-corrected chi connectivity index (χ3v) is 4.52. The van der Waals surface area contributed by atoms with Crippen LogP contribution in [0.4, 0.5) is 5.69 Å². The monoisotopic (exact) mass is 350 g/mol. The lowest BCUT2D eigenvalue weighted by atomic mass is 10.2. The SMILES string of the molecule is COc1ccccc1N1CC(NC(=O)c2n[nH]c3ccccc23)CC1=O. The fourth-order valence-electron chi connectivity index (χ4n) is 3.28. The molecule has 1 aliphatic heterocycles. The molecule has 26 heavy (non-hydrogen) atoms. The molecule has 3 aromatic rings. The quantitative estimate of drug-likeness (QED) is 0.754. The first-order chi connectivity index (χ1) is 12.7. The van der Waals surface area contributed by atoms with Gasteiger partial charge in [0.1, 0.15) is 5.75 Å². The maximum absolute atomic E-state index is 12.6.